The van der Waals surface area contributed by atoms with Gasteiger partial charge < -0.3 is 9.88 Å². The highest BCUT2D eigenvalue weighted by molar-refractivity contribution is 6.28. The molecule has 1 aliphatic carbocycles. The van der Waals surface area contributed by atoms with Crippen LogP contribution >= 0.6 is 11.6 Å². The SMILES string of the molecule is CC(C)CCNc1nc(Cl)nc2ncn(C3CCCC3)c12. The van der Waals surface area contributed by atoms with Gasteiger partial charge in [0.15, 0.2) is 11.5 Å². The molecule has 0 amide bonds. The molecule has 1 aliphatic rings. The third kappa shape index (κ3) is 3.12. The topological polar surface area (TPSA) is 55.6 Å². The Balaban J connectivity index is 1.94. The van der Waals surface area contributed by atoms with Crippen molar-refractivity contribution in [2.75, 3.05) is 11.9 Å². The zero-order chi connectivity index (χ0) is 14.8. The van der Waals surface area contributed by atoms with Crippen LogP contribution in [-0.2, 0) is 0 Å². The Morgan fingerprint density at radius 1 is 1.33 bits per heavy atom. The van der Waals surface area contributed by atoms with Crippen LogP contribution in [0.15, 0.2) is 6.33 Å². The fraction of sp³-hybridized carbons (Fsp3) is 0.667. The summed E-state index contributed by atoms with van der Waals surface area (Å²) in [7, 11) is 0. The lowest BCUT2D eigenvalue weighted by atomic mass is 10.1. The van der Waals surface area contributed by atoms with Gasteiger partial charge in [-0.15, -0.1) is 0 Å². The summed E-state index contributed by atoms with van der Waals surface area (Å²) < 4.78 is 2.23. The first-order valence-corrected chi connectivity index (χ1v) is 8.17. The van der Waals surface area contributed by atoms with Crippen molar-refractivity contribution in [2.45, 2.75) is 52.0 Å². The first-order valence-electron chi connectivity index (χ1n) is 7.79. The zero-order valence-electron chi connectivity index (χ0n) is 12.6. The standard InChI is InChI=1S/C15H22ClN5/c1-10(2)7-8-17-13-12-14(20-15(16)19-13)18-9-21(12)11-5-3-4-6-11/h9-11H,3-8H2,1-2H3,(H,17,19,20). The first kappa shape index (κ1) is 14.6. The van der Waals surface area contributed by atoms with Crippen molar-refractivity contribution in [3.05, 3.63) is 11.6 Å². The average molecular weight is 308 g/mol. The van der Waals surface area contributed by atoms with Gasteiger partial charge in [0.05, 0.1) is 6.33 Å². The van der Waals surface area contributed by atoms with Gasteiger partial charge >= 0.3 is 0 Å². The van der Waals surface area contributed by atoms with E-state index in [1.165, 1.54) is 25.7 Å². The van der Waals surface area contributed by atoms with Gasteiger partial charge in [0.1, 0.15) is 5.52 Å². The fourth-order valence-corrected chi connectivity index (χ4v) is 3.15. The van der Waals surface area contributed by atoms with Gasteiger partial charge in [-0.1, -0.05) is 26.7 Å². The van der Waals surface area contributed by atoms with Gasteiger partial charge in [-0.3, -0.25) is 0 Å². The van der Waals surface area contributed by atoms with E-state index in [9.17, 15) is 0 Å². The molecule has 6 heteroatoms. The fourth-order valence-electron chi connectivity index (χ4n) is 2.98. The van der Waals surface area contributed by atoms with E-state index in [4.69, 9.17) is 11.6 Å². The van der Waals surface area contributed by atoms with Crippen molar-refractivity contribution in [1.82, 2.24) is 19.5 Å². The number of halogens is 1. The number of nitrogens with zero attached hydrogens (tertiary/aromatic N) is 4. The third-order valence-corrected chi connectivity index (χ3v) is 4.30. The second-order valence-electron chi connectivity index (χ2n) is 6.21. The van der Waals surface area contributed by atoms with Gasteiger partial charge in [-0.05, 0) is 36.8 Å². The largest absolute Gasteiger partial charge is 0.368 e. The molecule has 21 heavy (non-hydrogen) atoms. The van der Waals surface area contributed by atoms with E-state index >= 15 is 0 Å². The number of hydrogen-bond acceptors (Lipinski definition) is 4. The molecule has 1 saturated carbocycles. The molecule has 0 radical (unpaired) electrons. The highest BCUT2D eigenvalue weighted by Crippen LogP contribution is 2.33. The minimum absolute atomic E-state index is 0.256. The normalized spacial score (nSPS) is 16.2. The molecule has 5 nitrogen and oxygen atoms in total. The number of fused-ring (bicyclic) bond motifs is 1. The van der Waals surface area contributed by atoms with E-state index in [0.717, 1.165) is 24.3 Å². The molecule has 0 saturated heterocycles. The molecule has 3 rings (SSSR count). The molecule has 0 aliphatic heterocycles. The van der Waals surface area contributed by atoms with Crippen LogP contribution in [0.1, 0.15) is 52.0 Å². The number of rotatable bonds is 5. The van der Waals surface area contributed by atoms with Crippen molar-refractivity contribution < 1.29 is 0 Å². The summed E-state index contributed by atoms with van der Waals surface area (Å²) in [5.41, 5.74) is 1.68. The van der Waals surface area contributed by atoms with Crippen molar-refractivity contribution in [1.29, 1.82) is 0 Å². The Morgan fingerprint density at radius 3 is 2.81 bits per heavy atom. The lowest BCUT2D eigenvalue weighted by Crippen LogP contribution is -2.10. The zero-order valence-corrected chi connectivity index (χ0v) is 13.4. The van der Waals surface area contributed by atoms with Crippen LogP contribution < -0.4 is 5.32 Å². The minimum Gasteiger partial charge on any atom is -0.368 e. The molecule has 0 aromatic carbocycles. The molecule has 2 heterocycles. The maximum absolute atomic E-state index is 6.02. The van der Waals surface area contributed by atoms with Crippen LogP contribution in [0.2, 0.25) is 5.28 Å². The molecule has 0 bridgehead atoms. The summed E-state index contributed by atoms with van der Waals surface area (Å²) >= 11 is 6.02. The predicted molar refractivity (Wildman–Crippen MR) is 85.8 cm³/mol. The minimum atomic E-state index is 0.256. The molecule has 2 aromatic rings. The van der Waals surface area contributed by atoms with Crippen LogP contribution in [-0.4, -0.2) is 26.1 Å². The monoisotopic (exact) mass is 307 g/mol. The number of anilines is 1. The Kier molecular flexibility index (Phi) is 4.29. The van der Waals surface area contributed by atoms with Gasteiger partial charge in [-0.25, -0.2) is 4.98 Å². The summed E-state index contributed by atoms with van der Waals surface area (Å²) in [5.74, 6) is 1.47. The van der Waals surface area contributed by atoms with E-state index in [2.05, 4.69) is 38.7 Å². The molecule has 0 spiro atoms. The van der Waals surface area contributed by atoms with E-state index < -0.39 is 0 Å². The lowest BCUT2D eigenvalue weighted by Gasteiger charge is -2.15. The molecule has 0 atom stereocenters. The maximum atomic E-state index is 6.02. The van der Waals surface area contributed by atoms with Gasteiger partial charge in [0.25, 0.3) is 0 Å². The van der Waals surface area contributed by atoms with Crippen LogP contribution in [0.25, 0.3) is 11.2 Å². The number of aromatic nitrogens is 4. The third-order valence-electron chi connectivity index (χ3n) is 4.13. The maximum Gasteiger partial charge on any atom is 0.226 e. The average Bonchev–Trinajstić information content (AvgIpc) is 3.05. The summed E-state index contributed by atoms with van der Waals surface area (Å²) in [5, 5.41) is 3.67. The van der Waals surface area contributed by atoms with Gasteiger partial charge in [-0.2, -0.15) is 9.97 Å². The summed E-state index contributed by atoms with van der Waals surface area (Å²) in [6, 6.07) is 0.519. The highest BCUT2D eigenvalue weighted by atomic mass is 35.5. The number of hydrogen-bond donors (Lipinski definition) is 1. The molecular formula is C15H22ClN5. The Morgan fingerprint density at radius 2 is 2.10 bits per heavy atom. The lowest BCUT2D eigenvalue weighted by molar-refractivity contribution is 0.532. The smallest absolute Gasteiger partial charge is 0.226 e. The predicted octanol–water partition coefficient (Wildman–Crippen LogP) is 4.05. The molecule has 114 valence electrons. The van der Waals surface area contributed by atoms with E-state index in [0.29, 0.717) is 17.6 Å². The van der Waals surface area contributed by atoms with Crippen LogP contribution in [0.5, 0.6) is 0 Å². The molecule has 1 N–H and O–H groups in total. The number of nitrogens with one attached hydrogen (secondary N) is 1. The second-order valence-corrected chi connectivity index (χ2v) is 6.55. The van der Waals surface area contributed by atoms with E-state index in [1.807, 2.05) is 6.33 Å². The second kappa shape index (κ2) is 6.18. The Labute approximate surface area is 130 Å². The highest BCUT2D eigenvalue weighted by Gasteiger charge is 2.21. The Hall–Kier alpha value is -1.36. The molecular weight excluding hydrogens is 286 g/mol. The van der Waals surface area contributed by atoms with Crippen molar-refractivity contribution in [3.63, 3.8) is 0 Å². The van der Waals surface area contributed by atoms with E-state index in [-0.39, 0.29) is 5.28 Å². The van der Waals surface area contributed by atoms with Crippen molar-refractivity contribution in [2.24, 2.45) is 5.92 Å². The Bertz CT molecular complexity index is 616. The van der Waals surface area contributed by atoms with E-state index in [1.54, 1.807) is 0 Å². The van der Waals surface area contributed by atoms with Gasteiger partial charge in [0, 0.05) is 12.6 Å². The van der Waals surface area contributed by atoms with Crippen molar-refractivity contribution in [3.8, 4) is 0 Å². The van der Waals surface area contributed by atoms with Crippen LogP contribution in [0.4, 0.5) is 5.82 Å². The summed E-state index contributed by atoms with van der Waals surface area (Å²) in [4.78, 5) is 13.1. The molecule has 2 aromatic heterocycles. The molecule has 0 unspecified atom stereocenters. The van der Waals surface area contributed by atoms with Crippen LogP contribution in [0.3, 0.4) is 0 Å². The van der Waals surface area contributed by atoms with Crippen LogP contribution in [0, 0.1) is 5.92 Å². The summed E-state index contributed by atoms with van der Waals surface area (Å²) in [6.45, 7) is 5.32. The first-order chi connectivity index (χ1) is 10.1. The number of imidazole rings is 1. The molecule has 1 fully saturated rings. The van der Waals surface area contributed by atoms with Crippen molar-refractivity contribution >= 4 is 28.6 Å². The summed E-state index contributed by atoms with van der Waals surface area (Å²) in [6.07, 6.45) is 7.98. The van der Waals surface area contributed by atoms with Gasteiger partial charge in [0.2, 0.25) is 5.28 Å². The quantitative estimate of drug-likeness (QED) is 0.847.